The molecule has 0 saturated carbocycles. The molecule has 2 heterocycles. The van der Waals surface area contributed by atoms with Crippen LogP contribution in [0.5, 0.6) is 23.0 Å². The van der Waals surface area contributed by atoms with Gasteiger partial charge in [-0.1, -0.05) is 0 Å². The Labute approximate surface area is 190 Å². The molecule has 1 fully saturated rings. The predicted octanol–water partition coefficient (Wildman–Crippen LogP) is 0.151. The fourth-order valence-corrected chi connectivity index (χ4v) is 3.59. The Bertz CT molecular complexity index is 1280. The second-order valence-electron chi connectivity index (χ2n) is 7.51. The van der Waals surface area contributed by atoms with Gasteiger partial charge in [0.1, 0.15) is 41.0 Å². The van der Waals surface area contributed by atoms with E-state index in [1.165, 1.54) is 31.4 Å². The van der Waals surface area contributed by atoms with Crippen LogP contribution in [0.4, 0.5) is 0 Å². The highest BCUT2D eigenvalue weighted by atomic mass is 16.7. The number of ether oxygens (including phenoxy) is 3. The van der Waals surface area contributed by atoms with Gasteiger partial charge in [0.15, 0.2) is 22.9 Å². The van der Waals surface area contributed by atoms with Crippen LogP contribution in [0.1, 0.15) is 0 Å². The number of aliphatic hydroxyl groups is 3. The van der Waals surface area contributed by atoms with Crippen molar-refractivity contribution < 1.29 is 54.1 Å². The number of carboxylic acids is 1. The zero-order chi connectivity index (χ0) is 24.7. The molecule has 1 aliphatic heterocycles. The largest absolute Gasteiger partial charge is 0.508 e. The average Bonchev–Trinajstić information content (AvgIpc) is 2.79. The van der Waals surface area contributed by atoms with Crippen LogP contribution in [-0.4, -0.2) is 74.4 Å². The monoisotopic (exact) mass is 476 g/mol. The van der Waals surface area contributed by atoms with E-state index in [1.807, 2.05) is 0 Å². The van der Waals surface area contributed by atoms with E-state index in [0.717, 1.165) is 12.1 Å². The van der Waals surface area contributed by atoms with Gasteiger partial charge in [-0.2, -0.15) is 0 Å². The van der Waals surface area contributed by atoms with Crippen molar-refractivity contribution in [3.8, 4) is 34.3 Å². The summed E-state index contributed by atoms with van der Waals surface area (Å²) in [4.78, 5) is 24.1. The molecule has 0 bridgehead atoms. The number of aromatic hydroxyl groups is 2. The molecule has 12 nitrogen and oxygen atoms in total. The molecule has 0 spiro atoms. The number of hydrogen-bond acceptors (Lipinski definition) is 11. The van der Waals surface area contributed by atoms with Gasteiger partial charge < -0.3 is 49.3 Å². The minimum Gasteiger partial charge on any atom is -0.508 e. The first kappa shape index (κ1) is 23.3. The van der Waals surface area contributed by atoms with Crippen molar-refractivity contribution in [3.05, 3.63) is 46.6 Å². The summed E-state index contributed by atoms with van der Waals surface area (Å²) in [5.41, 5.74) is -0.420. The number of aliphatic hydroxyl groups excluding tert-OH is 3. The number of benzene rings is 2. The number of fused-ring (bicyclic) bond motifs is 1. The SMILES string of the molecule is COc1c(OC2OC(C(=O)O)C(O)C(O)C2O)cc(O)c2c(=O)cc(-c3ccc(O)cc3)oc12. The van der Waals surface area contributed by atoms with Crippen molar-refractivity contribution in [2.45, 2.75) is 30.7 Å². The number of phenolic OH excluding ortho intramolecular Hbond substituents is 2. The Balaban J connectivity index is 1.81. The standard InChI is InChI=1S/C22H20O12/c1-31-18-13(33-22-17(28)15(26)16(27)20(34-22)21(29)30)7-11(25)14-10(24)6-12(32-19(14)18)8-2-4-9(23)5-3-8/h2-7,15-17,20,22-23,25-28H,1H3,(H,29,30). The Kier molecular flexibility index (Phi) is 6.06. The summed E-state index contributed by atoms with van der Waals surface area (Å²) in [7, 11) is 1.21. The first-order valence-electron chi connectivity index (χ1n) is 9.88. The summed E-state index contributed by atoms with van der Waals surface area (Å²) < 4.78 is 21.7. The first-order chi connectivity index (χ1) is 16.1. The second kappa shape index (κ2) is 8.83. The highest BCUT2D eigenvalue weighted by molar-refractivity contribution is 5.91. The average molecular weight is 476 g/mol. The van der Waals surface area contributed by atoms with Gasteiger partial charge in [0, 0.05) is 17.7 Å². The van der Waals surface area contributed by atoms with E-state index in [0.29, 0.717) is 5.56 Å². The fourth-order valence-electron chi connectivity index (χ4n) is 3.59. The summed E-state index contributed by atoms with van der Waals surface area (Å²) in [6.07, 6.45) is -9.42. The van der Waals surface area contributed by atoms with Crippen LogP contribution in [0.3, 0.4) is 0 Å². The molecule has 12 heteroatoms. The number of hydrogen-bond donors (Lipinski definition) is 6. The molecular formula is C22H20O12. The molecule has 1 aliphatic rings. The molecule has 180 valence electrons. The third-order valence-electron chi connectivity index (χ3n) is 5.31. The zero-order valence-corrected chi connectivity index (χ0v) is 17.5. The molecular weight excluding hydrogens is 456 g/mol. The molecule has 0 radical (unpaired) electrons. The van der Waals surface area contributed by atoms with Crippen LogP contribution in [0, 0.1) is 0 Å². The minimum atomic E-state index is -1.93. The summed E-state index contributed by atoms with van der Waals surface area (Å²) in [5, 5.41) is 59.0. The minimum absolute atomic E-state index is 0.00388. The molecule has 6 N–H and O–H groups in total. The molecule has 5 unspecified atom stereocenters. The van der Waals surface area contributed by atoms with E-state index in [4.69, 9.17) is 18.6 Å². The van der Waals surface area contributed by atoms with Crippen LogP contribution >= 0.6 is 0 Å². The third kappa shape index (κ3) is 3.99. The van der Waals surface area contributed by atoms with Gasteiger partial charge in [-0.25, -0.2) is 4.79 Å². The van der Waals surface area contributed by atoms with Gasteiger partial charge in [-0.05, 0) is 24.3 Å². The van der Waals surface area contributed by atoms with E-state index < -0.39 is 47.9 Å². The molecule has 4 rings (SSSR count). The smallest absolute Gasteiger partial charge is 0.335 e. The van der Waals surface area contributed by atoms with Crippen molar-refractivity contribution in [2.75, 3.05) is 7.11 Å². The van der Waals surface area contributed by atoms with Crippen molar-refractivity contribution >= 4 is 16.9 Å². The van der Waals surface area contributed by atoms with Gasteiger partial charge in [-0.15, -0.1) is 0 Å². The molecule has 0 amide bonds. The van der Waals surface area contributed by atoms with E-state index in [9.17, 15) is 40.2 Å². The Morgan fingerprint density at radius 2 is 1.68 bits per heavy atom. The Hall–Kier alpha value is -3.84. The van der Waals surface area contributed by atoms with Crippen molar-refractivity contribution in [3.63, 3.8) is 0 Å². The number of carbonyl (C=O) groups is 1. The highest BCUT2D eigenvalue weighted by Gasteiger charge is 2.48. The van der Waals surface area contributed by atoms with E-state index in [2.05, 4.69) is 0 Å². The first-order valence-corrected chi connectivity index (χ1v) is 9.88. The number of methoxy groups -OCH3 is 1. The number of aliphatic carboxylic acids is 1. The maximum absolute atomic E-state index is 12.7. The molecule has 1 aromatic heterocycles. The fraction of sp³-hybridized carbons (Fsp3) is 0.273. The summed E-state index contributed by atoms with van der Waals surface area (Å²) in [6, 6.07) is 7.87. The quantitative estimate of drug-likeness (QED) is 0.292. The lowest BCUT2D eigenvalue weighted by Gasteiger charge is -2.38. The zero-order valence-electron chi connectivity index (χ0n) is 17.5. The van der Waals surface area contributed by atoms with Gasteiger partial charge in [-0.3, -0.25) is 4.79 Å². The van der Waals surface area contributed by atoms with E-state index in [-0.39, 0.29) is 34.0 Å². The summed E-state index contributed by atoms with van der Waals surface area (Å²) in [6.45, 7) is 0. The van der Waals surface area contributed by atoms with Crippen LogP contribution in [0.15, 0.2) is 45.6 Å². The normalized spacial score (nSPS) is 24.6. The second-order valence-corrected chi connectivity index (χ2v) is 7.51. The topological polar surface area (TPSA) is 196 Å². The highest BCUT2D eigenvalue weighted by Crippen LogP contribution is 2.42. The van der Waals surface area contributed by atoms with Gasteiger partial charge in [0.05, 0.1) is 7.11 Å². The molecule has 34 heavy (non-hydrogen) atoms. The van der Waals surface area contributed by atoms with Gasteiger partial charge in [0.2, 0.25) is 12.0 Å². The summed E-state index contributed by atoms with van der Waals surface area (Å²) >= 11 is 0. The lowest BCUT2D eigenvalue weighted by Crippen LogP contribution is -2.61. The third-order valence-corrected chi connectivity index (χ3v) is 5.31. The van der Waals surface area contributed by atoms with Crippen LogP contribution in [-0.2, 0) is 9.53 Å². The van der Waals surface area contributed by atoms with Crippen LogP contribution in [0.2, 0.25) is 0 Å². The molecule has 3 aromatic rings. The molecule has 1 saturated heterocycles. The van der Waals surface area contributed by atoms with Crippen molar-refractivity contribution in [2.24, 2.45) is 0 Å². The number of phenols is 2. The van der Waals surface area contributed by atoms with Crippen LogP contribution in [0.25, 0.3) is 22.3 Å². The Morgan fingerprint density at radius 1 is 1.00 bits per heavy atom. The number of rotatable bonds is 5. The maximum Gasteiger partial charge on any atom is 0.335 e. The maximum atomic E-state index is 12.7. The van der Waals surface area contributed by atoms with E-state index >= 15 is 0 Å². The Morgan fingerprint density at radius 3 is 2.29 bits per heavy atom. The van der Waals surface area contributed by atoms with Gasteiger partial charge >= 0.3 is 5.97 Å². The lowest BCUT2D eigenvalue weighted by atomic mass is 9.99. The number of carboxylic acid groups (broad SMARTS) is 1. The van der Waals surface area contributed by atoms with Crippen molar-refractivity contribution in [1.82, 2.24) is 0 Å². The molecule has 0 aliphatic carbocycles. The van der Waals surface area contributed by atoms with Gasteiger partial charge in [0.25, 0.3) is 0 Å². The molecule has 2 aromatic carbocycles. The van der Waals surface area contributed by atoms with Crippen LogP contribution < -0.4 is 14.9 Å². The lowest BCUT2D eigenvalue weighted by molar-refractivity contribution is -0.271. The summed E-state index contributed by atoms with van der Waals surface area (Å²) in [5.74, 6) is -2.62. The molecule has 5 atom stereocenters. The van der Waals surface area contributed by atoms with E-state index in [1.54, 1.807) is 0 Å². The predicted molar refractivity (Wildman–Crippen MR) is 113 cm³/mol. The van der Waals surface area contributed by atoms with Crippen molar-refractivity contribution in [1.29, 1.82) is 0 Å².